The highest BCUT2D eigenvalue weighted by Crippen LogP contribution is 2.10. The Hall–Kier alpha value is -2.68. The van der Waals surface area contributed by atoms with Crippen LogP contribution in [-0.4, -0.2) is 16.1 Å². The molecule has 0 radical (unpaired) electrons. The average molecular weight is 251 g/mol. The summed E-state index contributed by atoms with van der Waals surface area (Å²) in [5, 5.41) is 8.54. The van der Waals surface area contributed by atoms with Gasteiger partial charge in [-0.15, -0.1) is 0 Å². The number of carboxylic acid groups (broad SMARTS) is 1. The molecule has 0 aliphatic carbocycles. The van der Waals surface area contributed by atoms with Gasteiger partial charge in [-0.1, -0.05) is 36.4 Å². The molecule has 0 bridgehead atoms. The highest BCUT2D eigenvalue weighted by atomic mass is 16.4. The van der Waals surface area contributed by atoms with Gasteiger partial charge < -0.3 is 5.11 Å². The lowest BCUT2D eigenvalue weighted by Crippen LogP contribution is -1.85. The van der Waals surface area contributed by atoms with E-state index in [0.717, 1.165) is 22.8 Å². The Balaban J connectivity index is 2.07. The van der Waals surface area contributed by atoms with Crippen LogP contribution < -0.4 is 0 Å². The maximum atomic E-state index is 10.4. The van der Waals surface area contributed by atoms with Crippen LogP contribution in [0.25, 0.3) is 18.2 Å². The molecule has 0 unspecified atom stereocenters. The van der Waals surface area contributed by atoms with Gasteiger partial charge in [0.15, 0.2) is 0 Å². The Morgan fingerprint density at radius 1 is 0.842 bits per heavy atom. The van der Waals surface area contributed by atoms with Crippen molar-refractivity contribution in [1.82, 2.24) is 4.98 Å². The standard InChI is InChI=1S/C16H13NO2/c18-16(19)8-7-14-3-1-13(2-4-14)5-6-15-9-11-17-12-10-15/h1-12H,(H,18,19)/b6-5+,8-7?. The summed E-state index contributed by atoms with van der Waals surface area (Å²) in [5.41, 5.74) is 3.01. The number of hydrogen-bond acceptors (Lipinski definition) is 2. The van der Waals surface area contributed by atoms with Gasteiger partial charge >= 0.3 is 5.97 Å². The lowest BCUT2D eigenvalue weighted by atomic mass is 10.1. The minimum Gasteiger partial charge on any atom is -0.478 e. The molecule has 1 N–H and O–H groups in total. The lowest BCUT2D eigenvalue weighted by Gasteiger charge is -1.96. The number of pyridine rings is 1. The van der Waals surface area contributed by atoms with Gasteiger partial charge in [-0.2, -0.15) is 0 Å². The van der Waals surface area contributed by atoms with Gasteiger partial charge in [0.05, 0.1) is 0 Å². The molecule has 0 amide bonds. The van der Waals surface area contributed by atoms with Crippen molar-refractivity contribution in [3.63, 3.8) is 0 Å². The quantitative estimate of drug-likeness (QED) is 0.848. The number of aromatic nitrogens is 1. The molecule has 0 saturated heterocycles. The molecule has 1 aromatic carbocycles. The lowest BCUT2D eigenvalue weighted by molar-refractivity contribution is -0.131. The van der Waals surface area contributed by atoms with Crippen LogP contribution >= 0.6 is 0 Å². The summed E-state index contributed by atoms with van der Waals surface area (Å²) < 4.78 is 0. The molecular formula is C16H13NO2. The SMILES string of the molecule is O=C(O)C=Cc1ccc(/C=C/c2ccncc2)cc1. The summed E-state index contributed by atoms with van der Waals surface area (Å²) in [6.07, 6.45) is 10.2. The van der Waals surface area contributed by atoms with E-state index in [9.17, 15) is 4.79 Å². The molecule has 3 heteroatoms. The van der Waals surface area contributed by atoms with Crippen molar-refractivity contribution < 1.29 is 9.90 Å². The number of nitrogens with zero attached hydrogens (tertiary/aromatic N) is 1. The Morgan fingerprint density at radius 3 is 1.84 bits per heavy atom. The molecule has 0 fully saturated rings. The largest absolute Gasteiger partial charge is 0.478 e. The second-order valence-corrected chi connectivity index (χ2v) is 3.95. The van der Waals surface area contributed by atoms with Gasteiger partial charge in [0, 0.05) is 18.5 Å². The number of benzene rings is 1. The van der Waals surface area contributed by atoms with Gasteiger partial charge in [0.25, 0.3) is 0 Å². The van der Waals surface area contributed by atoms with Crippen molar-refractivity contribution in [2.45, 2.75) is 0 Å². The second kappa shape index (κ2) is 6.31. The molecule has 1 heterocycles. The third-order valence-corrected chi connectivity index (χ3v) is 2.53. The average Bonchev–Trinajstić information content (AvgIpc) is 2.45. The van der Waals surface area contributed by atoms with Crippen LogP contribution in [0.2, 0.25) is 0 Å². The molecule has 94 valence electrons. The highest BCUT2D eigenvalue weighted by Gasteiger charge is 1.91. The van der Waals surface area contributed by atoms with Crippen LogP contribution in [-0.2, 0) is 4.79 Å². The van der Waals surface area contributed by atoms with E-state index in [-0.39, 0.29) is 0 Å². The van der Waals surface area contributed by atoms with Crippen molar-refractivity contribution in [2.75, 3.05) is 0 Å². The minimum atomic E-state index is -0.943. The minimum absolute atomic E-state index is 0.864. The summed E-state index contributed by atoms with van der Waals surface area (Å²) in [6, 6.07) is 11.5. The molecule has 2 rings (SSSR count). The molecule has 0 aliphatic rings. The van der Waals surface area contributed by atoms with Crippen LogP contribution in [0, 0.1) is 0 Å². The molecule has 2 aromatic rings. The predicted octanol–water partition coefficient (Wildman–Crippen LogP) is 3.35. The molecule has 0 saturated carbocycles. The van der Waals surface area contributed by atoms with E-state index in [0.29, 0.717) is 0 Å². The topological polar surface area (TPSA) is 50.2 Å². The van der Waals surface area contributed by atoms with Gasteiger partial charge in [-0.25, -0.2) is 4.79 Å². The molecule has 0 atom stereocenters. The zero-order valence-electron chi connectivity index (χ0n) is 10.2. The number of carbonyl (C=O) groups is 1. The van der Waals surface area contributed by atoms with Crippen LogP contribution in [0.1, 0.15) is 16.7 Å². The van der Waals surface area contributed by atoms with Gasteiger partial charge in [0.1, 0.15) is 0 Å². The molecule has 0 aliphatic heterocycles. The van der Waals surface area contributed by atoms with Crippen LogP contribution in [0.15, 0.2) is 54.9 Å². The zero-order chi connectivity index (χ0) is 13.5. The third-order valence-electron chi connectivity index (χ3n) is 2.53. The van der Waals surface area contributed by atoms with Crippen LogP contribution in [0.4, 0.5) is 0 Å². The van der Waals surface area contributed by atoms with E-state index in [1.54, 1.807) is 18.5 Å². The number of rotatable bonds is 4. The molecular weight excluding hydrogens is 238 g/mol. The summed E-state index contributed by atoms with van der Waals surface area (Å²) in [4.78, 5) is 14.4. The van der Waals surface area contributed by atoms with E-state index in [2.05, 4.69) is 4.98 Å². The van der Waals surface area contributed by atoms with E-state index in [1.165, 1.54) is 0 Å². The number of carboxylic acids is 1. The van der Waals surface area contributed by atoms with Crippen molar-refractivity contribution in [1.29, 1.82) is 0 Å². The van der Waals surface area contributed by atoms with Gasteiger partial charge in [0.2, 0.25) is 0 Å². The van der Waals surface area contributed by atoms with Crippen LogP contribution in [0.5, 0.6) is 0 Å². The van der Waals surface area contributed by atoms with E-state index in [1.807, 2.05) is 48.6 Å². The summed E-state index contributed by atoms with van der Waals surface area (Å²) in [5.74, 6) is -0.943. The molecule has 1 aromatic heterocycles. The first-order valence-electron chi connectivity index (χ1n) is 5.83. The smallest absolute Gasteiger partial charge is 0.328 e. The fourth-order valence-corrected chi connectivity index (χ4v) is 1.55. The Labute approximate surface area is 111 Å². The zero-order valence-corrected chi connectivity index (χ0v) is 10.2. The second-order valence-electron chi connectivity index (χ2n) is 3.95. The van der Waals surface area contributed by atoms with Crippen molar-refractivity contribution >= 4 is 24.2 Å². The number of aliphatic carboxylic acids is 1. The summed E-state index contributed by atoms with van der Waals surface area (Å²) in [7, 11) is 0. The first-order valence-corrected chi connectivity index (χ1v) is 5.83. The highest BCUT2D eigenvalue weighted by molar-refractivity contribution is 5.85. The van der Waals surface area contributed by atoms with Gasteiger partial charge in [-0.3, -0.25) is 4.98 Å². The molecule has 19 heavy (non-hydrogen) atoms. The van der Waals surface area contributed by atoms with Crippen molar-refractivity contribution in [3.8, 4) is 0 Å². The third kappa shape index (κ3) is 4.24. The Kier molecular flexibility index (Phi) is 4.24. The normalized spacial score (nSPS) is 11.2. The Morgan fingerprint density at radius 2 is 1.32 bits per heavy atom. The van der Waals surface area contributed by atoms with Crippen LogP contribution in [0.3, 0.4) is 0 Å². The van der Waals surface area contributed by atoms with Crippen molar-refractivity contribution in [2.24, 2.45) is 0 Å². The summed E-state index contributed by atoms with van der Waals surface area (Å²) >= 11 is 0. The predicted molar refractivity (Wildman–Crippen MR) is 76.3 cm³/mol. The van der Waals surface area contributed by atoms with Gasteiger partial charge in [-0.05, 0) is 34.9 Å². The fourth-order valence-electron chi connectivity index (χ4n) is 1.55. The van der Waals surface area contributed by atoms with E-state index < -0.39 is 5.97 Å². The summed E-state index contributed by atoms with van der Waals surface area (Å²) in [6.45, 7) is 0. The fraction of sp³-hybridized carbons (Fsp3) is 0. The first-order chi connectivity index (χ1) is 9.24. The van der Waals surface area contributed by atoms with Crippen molar-refractivity contribution in [3.05, 3.63) is 71.6 Å². The number of hydrogen-bond donors (Lipinski definition) is 1. The molecule has 0 spiro atoms. The van der Waals surface area contributed by atoms with E-state index >= 15 is 0 Å². The molecule has 3 nitrogen and oxygen atoms in total. The maximum absolute atomic E-state index is 10.4. The monoisotopic (exact) mass is 251 g/mol. The maximum Gasteiger partial charge on any atom is 0.328 e. The Bertz CT molecular complexity index is 598. The van der Waals surface area contributed by atoms with E-state index in [4.69, 9.17) is 5.11 Å². The first kappa shape index (κ1) is 12.8.